The molecule has 3 aliphatic rings. The predicted molar refractivity (Wildman–Crippen MR) is 74.6 cm³/mol. The van der Waals surface area contributed by atoms with Crippen molar-refractivity contribution in [2.24, 2.45) is 5.41 Å². The summed E-state index contributed by atoms with van der Waals surface area (Å²) in [5.41, 5.74) is 1.89. The molecule has 1 spiro atoms. The molecule has 3 rings (SSSR count). The minimum atomic E-state index is -0.440. The topological polar surface area (TPSA) is 70.6 Å². The Hall–Kier alpha value is -2.17. The number of carbonyl (C=O) groups excluding carboxylic acids is 1. The van der Waals surface area contributed by atoms with E-state index in [0.29, 0.717) is 18.8 Å². The van der Waals surface area contributed by atoms with Gasteiger partial charge in [-0.2, -0.15) is 0 Å². The zero-order valence-electron chi connectivity index (χ0n) is 11.4. The van der Waals surface area contributed by atoms with E-state index in [-0.39, 0.29) is 11.7 Å². The molecule has 0 aromatic carbocycles. The highest BCUT2D eigenvalue weighted by atomic mass is 16.5. The maximum Gasteiger partial charge on any atom is 0.354 e. The van der Waals surface area contributed by atoms with Crippen molar-refractivity contribution >= 4 is 5.97 Å². The summed E-state index contributed by atoms with van der Waals surface area (Å²) < 4.78 is 5.08. The van der Waals surface area contributed by atoms with Crippen LogP contribution in [0.3, 0.4) is 0 Å². The molecule has 0 radical (unpaired) electrons. The van der Waals surface area contributed by atoms with E-state index >= 15 is 0 Å². The molecule has 0 saturated carbocycles. The van der Waals surface area contributed by atoms with Crippen LogP contribution in [0.2, 0.25) is 0 Å². The van der Waals surface area contributed by atoms with Crippen LogP contribution in [0.15, 0.2) is 47.0 Å². The Bertz CT molecular complexity index is 572. The number of nitrogens with one attached hydrogen (secondary N) is 2. The van der Waals surface area contributed by atoms with Crippen LogP contribution in [-0.2, 0) is 9.53 Å². The van der Waals surface area contributed by atoms with Crippen LogP contribution in [0.4, 0.5) is 0 Å². The normalized spacial score (nSPS) is 27.4. The zero-order chi connectivity index (χ0) is 14.2. The van der Waals surface area contributed by atoms with Gasteiger partial charge >= 0.3 is 5.97 Å². The molecule has 20 heavy (non-hydrogen) atoms. The third-order valence-corrected chi connectivity index (χ3v) is 3.96. The first kappa shape index (κ1) is 12.8. The first-order valence-electron chi connectivity index (χ1n) is 6.87. The molecule has 1 saturated heterocycles. The number of ether oxygens (including phenoxy) is 1. The number of aliphatic hydroxyl groups excluding tert-OH is 1. The Morgan fingerprint density at radius 1 is 1.45 bits per heavy atom. The molecule has 5 heteroatoms. The van der Waals surface area contributed by atoms with Crippen LogP contribution in [0, 0.1) is 5.41 Å². The van der Waals surface area contributed by atoms with Crippen LogP contribution in [-0.4, -0.2) is 30.8 Å². The van der Waals surface area contributed by atoms with Gasteiger partial charge in [-0.05, 0) is 31.6 Å². The van der Waals surface area contributed by atoms with E-state index in [1.54, 1.807) is 13.0 Å². The molecule has 5 nitrogen and oxygen atoms in total. The van der Waals surface area contributed by atoms with E-state index < -0.39 is 5.41 Å². The van der Waals surface area contributed by atoms with Gasteiger partial charge in [-0.1, -0.05) is 6.08 Å². The summed E-state index contributed by atoms with van der Waals surface area (Å²) in [4.78, 5) is 12.0. The van der Waals surface area contributed by atoms with Crippen molar-refractivity contribution in [3.8, 4) is 0 Å². The van der Waals surface area contributed by atoms with Gasteiger partial charge in [0.15, 0.2) is 0 Å². The Balaban J connectivity index is 2.06. The van der Waals surface area contributed by atoms with E-state index in [9.17, 15) is 9.90 Å². The lowest BCUT2D eigenvalue weighted by Crippen LogP contribution is -2.27. The highest BCUT2D eigenvalue weighted by Gasteiger charge is 2.44. The summed E-state index contributed by atoms with van der Waals surface area (Å²) in [6, 6.07) is 0. The van der Waals surface area contributed by atoms with Crippen molar-refractivity contribution < 1.29 is 14.6 Å². The molecular formula is C15H18N2O3. The van der Waals surface area contributed by atoms with Crippen LogP contribution in [0.25, 0.3) is 0 Å². The van der Waals surface area contributed by atoms with Gasteiger partial charge in [-0.15, -0.1) is 0 Å². The number of allylic oxidation sites excluding steroid dienone is 4. The highest BCUT2D eigenvalue weighted by molar-refractivity contribution is 5.88. The van der Waals surface area contributed by atoms with E-state index in [2.05, 4.69) is 10.6 Å². The quantitative estimate of drug-likeness (QED) is 0.662. The second-order valence-corrected chi connectivity index (χ2v) is 5.06. The van der Waals surface area contributed by atoms with Crippen molar-refractivity contribution in [3.05, 3.63) is 47.0 Å². The van der Waals surface area contributed by atoms with E-state index in [1.807, 2.05) is 18.2 Å². The maximum atomic E-state index is 12.0. The lowest BCUT2D eigenvalue weighted by Gasteiger charge is -2.31. The van der Waals surface area contributed by atoms with Gasteiger partial charge in [0.25, 0.3) is 0 Å². The van der Waals surface area contributed by atoms with E-state index in [0.717, 1.165) is 24.2 Å². The minimum absolute atomic E-state index is 0.264. The average molecular weight is 274 g/mol. The summed E-state index contributed by atoms with van der Waals surface area (Å²) in [5, 5.41) is 16.5. The van der Waals surface area contributed by atoms with Gasteiger partial charge < -0.3 is 20.5 Å². The second kappa shape index (κ2) is 4.74. The number of rotatable bonds is 2. The van der Waals surface area contributed by atoms with Crippen LogP contribution >= 0.6 is 0 Å². The first-order chi connectivity index (χ1) is 9.67. The number of carbonyl (C=O) groups is 1. The van der Waals surface area contributed by atoms with Gasteiger partial charge in [0.1, 0.15) is 11.5 Å². The lowest BCUT2D eigenvalue weighted by molar-refractivity contribution is -0.139. The Labute approximate surface area is 117 Å². The Kier molecular flexibility index (Phi) is 3.04. The molecule has 1 fully saturated rings. The number of esters is 1. The van der Waals surface area contributed by atoms with Crippen LogP contribution < -0.4 is 10.6 Å². The smallest absolute Gasteiger partial charge is 0.354 e. The van der Waals surface area contributed by atoms with Gasteiger partial charge in [-0.3, -0.25) is 0 Å². The molecule has 3 N–H and O–H groups in total. The number of hydrogen-bond donors (Lipinski definition) is 3. The highest BCUT2D eigenvalue weighted by Crippen LogP contribution is 2.48. The standard InChI is InChI=1S/C15H18N2O3/c1-2-20-14(19)11-9-15-6-8-17-13(15)4-3-12(18)10(15)5-7-16-11/h3-5,9,16-18H,2,6-8H2,1H3. The largest absolute Gasteiger partial charge is 0.508 e. The van der Waals surface area contributed by atoms with Gasteiger partial charge in [0, 0.05) is 24.4 Å². The monoisotopic (exact) mass is 274 g/mol. The second-order valence-electron chi connectivity index (χ2n) is 5.06. The van der Waals surface area contributed by atoms with Crippen LogP contribution in [0.5, 0.6) is 0 Å². The first-order valence-corrected chi connectivity index (χ1v) is 6.87. The fraction of sp³-hybridized carbons (Fsp3) is 0.400. The molecule has 1 unspecified atom stereocenters. The minimum Gasteiger partial charge on any atom is -0.508 e. The SMILES string of the molecule is CCOC(=O)C1=CC23CCNC2=CC=C(O)C3=CCN1. The molecule has 2 heterocycles. The van der Waals surface area contributed by atoms with Crippen LogP contribution in [0.1, 0.15) is 13.3 Å². The Morgan fingerprint density at radius 2 is 2.30 bits per heavy atom. The Morgan fingerprint density at radius 3 is 3.10 bits per heavy atom. The number of aliphatic hydroxyl groups is 1. The zero-order valence-corrected chi connectivity index (χ0v) is 11.4. The third-order valence-electron chi connectivity index (χ3n) is 3.96. The third kappa shape index (κ3) is 1.81. The number of hydrogen-bond acceptors (Lipinski definition) is 5. The van der Waals surface area contributed by atoms with Gasteiger partial charge in [0.2, 0.25) is 0 Å². The fourth-order valence-electron chi connectivity index (χ4n) is 3.07. The van der Waals surface area contributed by atoms with Gasteiger partial charge in [0.05, 0.1) is 12.0 Å². The van der Waals surface area contributed by atoms with Crippen molar-refractivity contribution in [2.45, 2.75) is 13.3 Å². The van der Waals surface area contributed by atoms with Gasteiger partial charge in [-0.25, -0.2) is 4.79 Å². The molecule has 0 aromatic rings. The summed E-state index contributed by atoms with van der Waals surface area (Å²) in [7, 11) is 0. The average Bonchev–Trinajstić information content (AvgIpc) is 2.72. The molecule has 1 atom stereocenters. The van der Waals surface area contributed by atoms with Crippen molar-refractivity contribution in [1.82, 2.24) is 10.6 Å². The maximum absolute atomic E-state index is 12.0. The molecule has 0 amide bonds. The van der Waals surface area contributed by atoms with E-state index in [4.69, 9.17) is 4.74 Å². The van der Waals surface area contributed by atoms with Crippen molar-refractivity contribution in [2.75, 3.05) is 19.7 Å². The summed E-state index contributed by atoms with van der Waals surface area (Å²) in [5.74, 6) is -0.0857. The molecule has 2 aliphatic heterocycles. The van der Waals surface area contributed by atoms with E-state index in [1.165, 1.54) is 0 Å². The molecule has 106 valence electrons. The summed E-state index contributed by atoms with van der Waals surface area (Å²) in [6.07, 6.45) is 8.21. The predicted octanol–water partition coefficient (Wildman–Crippen LogP) is 1.28. The fourth-order valence-corrected chi connectivity index (χ4v) is 3.07. The molecule has 1 aliphatic carbocycles. The van der Waals surface area contributed by atoms with Crippen molar-refractivity contribution in [1.29, 1.82) is 0 Å². The molecule has 0 aromatic heterocycles. The molecular weight excluding hydrogens is 256 g/mol. The molecule has 0 bridgehead atoms. The summed E-state index contributed by atoms with van der Waals surface area (Å²) >= 11 is 0. The van der Waals surface area contributed by atoms with Crippen molar-refractivity contribution in [3.63, 3.8) is 0 Å². The lowest BCUT2D eigenvalue weighted by atomic mass is 9.73. The summed E-state index contributed by atoms with van der Waals surface area (Å²) in [6.45, 7) is 3.44.